The summed E-state index contributed by atoms with van der Waals surface area (Å²) in [6.07, 6.45) is 0. The van der Waals surface area contributed by atoms with Crippen molar-refractivity contribution in [2.75, 3.05) is 7.05 Å². The van der Waals surface area contributed by atoms with Gasteiger partial charge in [-0.25, -0.2) is 0 Å². The Bertz CT molecular complexity index is 7510. The number of para-hydroxylation sites is 8. The Balaban J connectivity index is 0.000000105. The van der Waals surface area contributed by atoms with E-state index in [1.807, 2.05) is 0 Å². The minimum absolute atomic E-state index is 0.00463. The van der Waals surface area contributed by atoms with Gasteiger partial charge in [0.25, 0.3) is 0 Å². The second-order valence-corrected chi connectivity index (χ2v) is 37.5. The highest BCUT2D eigenvalue weighted by Crippen LogP contribution is 2.39. The first-order chi connectivity index (χ1) is 59.1. The maximum Gasteiger partial charge on any atom is 0.216 e. The van der Waals surface area contributed by atoms with Crippen LogP contribution in [0.2, 0.25) is 13.1 Å². The number of carbonyl (C=O) groups is 1. The molecule has 0 atom stereocenters. The van der Waals surface area contributed by atoms with E-state index < -0.39 is 8.07 Å². The van der Waals surface area contributed by atoms with E-state index in [1.165, 1.54) is 205 Å². The SMILES string of the molecule is CNC(C)=O.C[Si]1(C)c2ccccc2-c2ccccc21.Cc1ccc2c(c1)c1ccccc1n2C.Cc1ccc2c3ccc(C)cc3n(-c3ccccc3)c2c1.Cc1ccc2c3cccc(C)c3n(-c3ccccc3)c2c1.Cc1ccc2c3ccccc3n(C)c2c1.Cc1cccc2c1c1ccccc1n2C.Cc1cccc2c3ccccc3n(C)c12. The molecule has 0 spiro atoms. The zero-order chi connectivity index (χ0) is 85.2. The Morgan fingerprint density at radius 3 is 1.07 bits per heavy atom. The average Bonchev–Trinajstić information content (AvgIpc) is 1.60. The third-order valence-electron chi connectivity index (χ3n) is 24.5. The zero-order valence-corrected chi connectivity index (χ0v) is 74.1. The van der Waals surface area contributed by atoms with Gasteiger partial charge in [-0.1, -0.05) is 280 Å². The normalized spacial score (nSPS) is 11.7. The van der Waals surface area contributed by atoms with Crippen molar-refractivity contribution in [3.05, 3.63) is 396 Å². The van der Waals surface area contributed by atoms with Gasteiger partial charge in [0.05, 0.1) is 27.6 Å². The van der Waals surface area contributed by atoms with Crippen LogP contribution in [0.15, 0.2) is 352 Å². The largest absolute Gasteiger partial charge is 0.359 e. The molecule has 0 saturated heterocycles. The van der Waals surface area contributed by atoms with Crippen LogP contribution in [0.3, 0.4) is 0 Å². The molecule has 1 amide bonds. The molecule has 22 aromatic rings. The predicted molar refractivity (Wildman–Crippen MR) is 530 cm³/mol. The summed E-state index contributed by atoms with van der Waals surface area (Å²) in [7, 11) is 8.74. The molecular weight excluding hydrogens is 1500 g/mol. The highest BCUT2D eigenvalue weighted by Gasteiger charge is 2.36. The van der Waals surface area contributed by atoms with Crippen LogP contribution < -0.4 is 15.7 Å². The molecule has 23 rings (SSSR count). The lowest BCUT2D eigenvalue weighted by Gasteiger charge is -2.18. The molecule has 8 nitrogen and oxygen atoms in total. The average molecular weight is 1610 g/mol. The molecule has 7 heterocycles. The maximum atomic E-state index is 9.70. The lowest BCUT2D eigenvalue weighted by molar-refractivity contribution is -0.118. The van der Waals surface area contributed by atoms with Gasteiger partial charge in [-0.15, -0.1) is 0 Å². The summed E-state index contributed by atoms with van der Waals surface area (Å²) in [4.78, 5) is 9.70. The van der Waals surface area contributed by atoms with Crippen LogP contribution in [-0.2, 0) is 33.0 Å². The molecule has 0 radical (unpaired) electrons. The van der Waals surface area contributed by atoms with Crippen LogP contribution in [0.1, 0.15) is 51.4 Å². The summed E-state index contributed by atoms with van der Waals surface area (Å²) in [6, 6.07) is 126. The molecule has 1 aliphatic heterocycles. The number of carbonyl (C=O) groups excluding carboxylic acids is 1. The molecule has 0 unspecified atom stereocenters. The fourth-order valence-electron chi connectivity index (χ4n) is 18.3. The number of amides is 1. The van der Waals surface area contributed by atoms with E-state index in [0.29, 0.717) is 0 Å². The molecule has 6 aromatic heterocycles. The molecule has 16 aromatic carbocycles. The van der Waals surface area contributed by atoms with Gasteiger partial charge >= 0.3 is 0 Å². The predicted octanol–water partition coefficient (Wildman–Crippen LogP) is 27.6. The van der Waals surface area contributed by atoms with Crippen LogP contribution in [0.4, 0.5) is 0 Å². The number of rotatable bonds is 2. The number of fused-ring (bicyclic) bond motifs is 21. The topological polar surface area (TPSA) is 58.7 Å². The molecule has 9 heteroatoms. The van der Waals surface area contributed by atoms with Crippen molar-refractivity contribution in [2.24, 2.45) is 28.2 Å². The van der Waals surface area contributed by atoms with Crippen molar-refractivity contribution >= 4 is 155 Å². The van der Waals surface area contributed by atoms with Crippen LogP contribution in [0.5, 0.6) is 0 Å². The fourth-order valence-corrected chi connectivity index (χ4v) is 21.4. The summed E-state index contributed by atoms with van der Waals surface area (Å²) >= 11 is 0. The number of nitrogens with one attached hydrogen (secondary N) is 1. The number of hydrogen-bond donors (Lipinski definition) is 1. The van der Waals surface area contributed by atoms with Crippen LogP contribution in [0, 0.1) is 55.4 Å². The Kier molecular flexibility index (Phi) is 23.3. The van der Waals surface area contributed by atoms with Gasteiger partial charge in [0.2, 0.25) is 5.91 Å². The standard InChI is InChI=1S/2C20H17N.4C14H13N.C14H14Si.C3H7NO/c1-14-11-12-17-18-10-6-7-15(2)20(18)21(19(17)13-14)16-8-4-3-5-9-16;1-14-8-10-17-18-11-9-15(2)13-20(18)21(19(17)12-14)16-6-4-3-5-7-16;1-10-6-5-8-12-11-7-3-4-9-13(11)15(2)14(10)12;1-10-6-5-9-13-14(10)11-7-3-4-8-12(11)15(13)2;1-10-7-8-14-12(9-10)11-5-3-4-6-13(11)15(14)2;1-10-7-8-12-11-5-3-4-6-13(11)15(2)14(12)9-10;1-15(2)13-9-5-3-7-11(13)12-8-4-6-10-14(12)15;1-3(5)4-2/h2*3-13H,1-2H3;4*3-9H,1-2H3;3-10H,1-2H3;1-2H3,(H,4,5). The van der Waals surface area contributed by atoms with Crippen molar-refractivity contribution in [1.82, 2.24) is 32.7 Å². The van der Waals surface area contributed by atoms with Gasteiger partial charge in [0.15, 0.2) is 0 Å². The van der Waals surface area contributed by atoms with Crippen LogP contribution >= 0.6 is 0 Å². The van der Waals surface area contributed by atoms with Gasteiger partial charge in [0.1, 0.15) is 8.07 Å². The molecule has 0 fully saturated rings. The Morgan fingerprint density at radius 1 is 0.254 bits per heavy atom. The van der Waals surface area contributed by atoms with E-state index in [1.54, 1.807) is 17.4 Å². The van der Waals surface area contributed by atoms with Crippen molar-refractivity contribution in [3.63, 3.8) is 0 Å². The fraction of sp³-hybridized carbons (Fsp3) is 0.142. The Labute approximate surface area is 717 Å². The van der Waals surface area contributed by atoms with E-state index in [-0.39, 0.29) is 5.91 Å². The van der Waals surface area contributed by atoms with Crippen molar-refractivity contribution in [3.8, 4) is 22.5 Å². The Morgan fingerprint density at radius 2 is 0.557 bits per heavy atom. The van der Waals surface area contributed by atoms with Crippen molar-refractivity contribution in [2.45, 2.75) is 75.4 Å². The third kappa shape index (κ3) is 15.7. The minimum atomic E-state index is -1.38. The van der Waals surface area contributed by atoms with Gasteiger partial charge in [0, 0.05) is 157 Å². The summed E-state index contributed by atoms with van der Waals surface area (Å²) in [5, 5.41) is 21.7. The number of nitrogens with zero attached hydrogens (tertiary/aromatic N) is 6. The van der Waals surface area contributed by atoms with Crippen molar-refractivity contribution < 1.29 is 4.79 Å². The quantitative estimate of drug-likeness (QED) is 0.172. The number of benzene rings is 16. The Hall–Kier alpha value is -14.0. The lowest BCUT2D eigenvalue weighted by atomic mass is 10.1. The van der Waals surface area contributed by atoms with Crippen molar-refractivity contribution in [1.29, 1.82) is 0 Å². The molecule has 604 valence electrons. The van der Waals surface area contributed by atoms with E-state index >= 15 is 0 Å². The summed E-state index contributed by atoms with van der Waals surface area (Å²) in [6.45, 7) is 23.6. The lowest BCUT2D eigenvalue weighted by Crippen LogP contribution is -2.49. The highest BCUT2D eigenvalue weighted by atomic mass is 28.3. The van der Waals surface area contributed by atoms with E-state index in [9.17, 15) is 4.79 Å². The van der Waals surface area contributed by atoms with E-state index in [2.05, 4.69) is 481 Å². The molecular formula is C113H107N7OSi. The number of hydrogen-bond acceptors (Lipinski definition) is 1. The molecule has 122 heavy (non-hydrogen) atoms. The molecule has 0 saturated carbocycles. The summed E-state index contributed by atoms with van der Waals surface area (Å²) in [5.41, 5.74) is 31.5. The molecule has 0 aliphatic carbocycles. The van der Waals surface area contributed by atoms with Crippen LogP contribution in [0.25, 0.3) is 153 Å². The third-order valence-corrected chi connectivity index (χ3v) is 28.1. The molecule has 1 aliphatic rings. The zero-order valence-electron chi connectivity index (χ0n) is 73.1. The molecule has 1 N–H and O–H groups in total. The first-order valence-electron chi connectivity index (χ1n) is 42.3. The second kappa shape index (κ2) is 34.8. The highest BCUT2D eigenvalue weighted by molar-refractivity contribution is 7.03. The second-order valence-electron chi connectivity index (χ2n) is 33.2. The number of aromatic nitrogens is 6. The first-order valence-corrected chi connectivity index (χ1v) is 45.3. The summed E-state index contributed by atoms with van der Waals surface area (Å²) < 4.78 is 13.8. The smallest absolute Gasteiger partial charge is 0.216 e. The van der Waals surface area contributed by atoms with E-state index in [0.717, 1.165) is 0 Å². The van der Waals surface area contributed by atoms with Gasteiger partial charge in [-0.05, 0) is 207 Å². The van der Waals surface area contributed by atoms with Crippen LogP contribution in [-0.4, -0.2) is 48.4 Å². The van der Waals surface area contributed by atoms with Gasteiger partial charge in [-0.2, -0.15) is 0 Å². The minimum Gasteiger partial charge on any atom is -0.359 e. The van der Waals surface area contributed by atoms with Gasteiger partial charge < -0.3 is 32.7 Å². The van der Waals surface area contributed by atoms with E-state index in [4.69, 9.17) is 0 Å². The summed E-state index contributed by atoms with van der Waals surface area (Å²) in [5.74, 6) is 0.00463. The number of aryl methyl sites for hydroxylation is 12. The molecule has 0 bridgehead atoms. The maximum absolute atomic E-state index is 9.70. The first kappa shape index (κ1) is 81.7. The monoisotopic (exact) mass is 1610 g/mol. The van der Waals surface area contributed by atoms with Gasteiger partial charge in [-0.3, -0.25) is 4.79 Å².